The number of hydrogen-bond acceptors (Lipinski definition) is 6. The Morgan fingerprint density at radius 1 is 1.33 bits per heavy atom. The first-order valence-corrected chi connectivity index (χ1v) is 7.15. The molecule has 112 valence electrons. The number of esters is 1. The minimum Gasteiger partial charge on any atom is -0.456 e. The van der Waals surface area contributed by atoms with E-state index in [0.717, 1.165) is 31.1 Å². The Labute approximate surface area is 122 Å². The summed E-state index contributed by atoms with van der Waals surface area (Å²) in [5, 5.41) is 4.56. The van der Waals surface area contributed by atoms with E-state index >= 15 is 0 Å². The van der Waals surface area contributed by atoms with Crippen LogP contribution in [0.2, 0.25) is 0 Å². The van der Waals surface area contributed by atoms with E-state index in [0.29, 0.717) is 17.0 Å². The zero-order valence-electron chi connectivity index (χ0n) is 12.2. The zero-order valence-corrected chi connectivity index (χ0v) is 12.2. The van der Waals surface area contributed by atoms with Gasteiger partial charge in [-0.25, -0.2) is 9.78 Å². The number of aryl methyl sites for hydroxylation is 1. The average Bonchev–Trinajstić information content (AvgIpc) is 2.88. The van der Waals surface area contributed by atoms with Gasteiger partial charge in [-0.05, 0) is 32.3 Å². The Kier molecular flexibility index (Phi) is 3.88. The van der Waals surface area contributed by atoms with Crippen molar-refractivity contribution in [2.45, 2.75) is 44.8 Å². The van der Waals surface area contributed by atoms with Gasteiger partial charge in [-0.1, -0.05) is 11.6 Å². The van der Waals surface area contributed by atoms with Crippen molar-refractivity contribution in [3.63, 3.8) is 0 Å². The highest BCUT2D eigenvalue weighted by molar-refractivity contribution is 5.93. The Morgan fingerprint density at radius 2 is 2.10 bits per heavy atom. The normalized spacial score (nSPS) is 22.4. The molecule has 1 aliphatic rings. The third-order valence-corrected chi connectivity index (χ3v) is 3.95. The summed E-state index contributed by atoms with van der Waals surface area (Å²) in [6.07, 6.45) is 5.19. The number of carbonyl (C=O) groups excluding carboxylic acids is 1. The standard InChI is InChI=1S/C15H18N2O4/c1-9-11-7-10(8-16-14(11)21-17-9)15(18)20-13-6-4-3-5-12(13)19-2/h7-8,12-13H,3-6H2,1-2H3/t12-,13-/m0/s1. The van der Waals surface area contributed by atoms with E-state index in [2.05, 4.69) is 10.1 Å². The van der Waals surface area contributed by atoms with Crippen LogP contribution in [0.5, 0.6) is 0 Å². The molecule has 0 spiro atoms. The number of carbonyl (C=O) groups is 1. The predicted octanol–water partition coefficient (Wildman–Crippen LogP) is 2.65. The van der Waals surface area contributed by atoms with E-state index in [1.54, 1.807) is 13.2 Å². The molecule has 0 unspecified atom stereocenters. The van der Waals surface area contributed by atoms with Crippen LogP contribution in [-0.2, 0) is 9.47 Å². The lowest BCUT2D eigenvalue weighted by atomic mass is 9.94. The maximum Gasteiger partial charge on any atom is 0.340 e. The largest absolute Gasteiger partial charge is 0.456 e. The summed E-state index contributed by atoms with van der Waals surface area (Å²) >= 11 is 0. The van der Waals surface area contributed by atoms with Gasteiger partial charge in [0.2, 0.25) is 0 Å². The molecular formula is C15H18N2O4. The Hall–Kier alpha value is -1.95. The summed E-state index contributed by atoms with van der Waals surface area (Å²) in [6.45, 7) is 1.81. The molecule has 6 heteroatoms. The third kappa shape index (κ3) is 2.76. The minimum absolute atomic E-state index is 0.0169. The molecule has 2 aromatic heterocycles. The Bertz CT molecular complexity index is 652. The molecule has 0 radical (unpaired) electrons. The fourth-order valence-corrected chi connectivity index (χ4v) is 2.73. The molecule has 2 aromatic rings. The van der Waals surface area contributed by atoms with Gasteiger partial charge >= 0.3 is 5.97 Å². The van der Waals surface area contributed by atoms with Crippen LogP contribution in [0.1, 0.15) is 41.7 Å². The van der Waals surface area contributed by atoms with Crippen LogP contribution in [0.3, 0.4) is 0 Å². The van der Waals surface area contributed by atoms with Crippen LogP contribution < -0.4 is 0 Å². The van der Waals surface area contributed by atoms with Crippen LogP contribution in [0, 0.1) is 6.92 Å². The number of methoxy groups -OCH3 is 1. The minimum atomic E-state index is -0.376. The van der Waals surface area contributed by atoms with Gasteiger partial charge in [-0.15, -0.1) is 0 Å². The van der Waals surface area contributed by atoms with Gasteiger partial charge in [0.25, 0.3) is 5.71 Å². The summed E-state index contributed by atoms with van der Waals surface area (Å²) in [6, 6.07) is 1.71. The van der Waals surface area contributed by atoms with Gasteiger partial charge in [-0.3, -0.25) is 0 Å². The highest BCUT2D eigenvalue weighted by Crippen LogP contribution is 2.25. The molecule has 21 heavy (non-hydrogen) atoms. The lowest BCUT2D eigenvalue weighted by Crippen LogP contribution is -2.35. The van der Waals surface area contributed by atoms with Crippen LogP contribution in [-0.4, -0.2) is 35.4 Å². The molecule has 6 nitrogen and oxygen atoms in total. The first kappa shape index (κ1) is 14.0. The van der Waals surface area contributed by atoms with Gasteiger partial charge < -0.3 is 14.0 Å². The van der Waals surface area contributed by atoms with Crippen molar-refractivity contribution in [2.75, 3.05) is 7.11 Å². The van der Waals surface area contributed by atoms with E-state index in [9.17, 15) is 4.79 Å². The number of pyridine rings is 1. The highest BCUT2D eigenvalue weighted by atomic mass is 16.6. The lowest BCUT2D eigenvalue weighted by Gasteiger charge is -2.29. The van der Waals surface area contributed by atoms with Crippen molar-refractivity contribution < 1.29 is 18.8 Å². The van der Waals surface area contributed by atoms with Gasteiger partial charge in [0.05, 0.1) is 22.7 Å². The third-order valence-electron chi connectivity index (χ3n) is 3.95. The van der Waals surface area contributed by atoms with Crippen LogP contribution >= 0.6 is 0 Å². The molecule has 0 aliphatic heterocycles. The predicted molar refractivity (Wildman–Crippen MR) is 75.0 cm³/mol. The first-order chi connectivity index (χ1) is 10.2. The van der Waals surface area contributed by atoms with Gasteiger partial charge in [0.1, 0.15) is 6.10 Å². The highest BCUT2D eigenvalue weighted by Gasteiger charge is 2.28. The maximum atomic E-state index is 12.3. The molecule has 1 fully saturated rings. The summed E-state index contributed by atoms with van der Waals surface area (Å²) < 4.78 is 16.0. The molecule has 2 heterocycles. The van der Waals surface area contributed by atoms with Crippen molar-refractivity contribution in [3.8, 4) is 0 Å². The average molecular weight is 290 g/mol. The Morgan fingerprint density at radius 3 is 2.86 bits per heavy atom. The van der Waals surface area contributed by atoms with E-state index in [-0.39, 0.29) is 18.2 Å². The lowest BCUT2D eigenvalue weighted by molar-refractivity contribution is -0.0539. The van der Waals surface area contributed by atoms with Crippen molar-refractivity contribution in [1.82, 2.24) is 10.1 Å². The fraction of sp³-hybridized carbons (Fsp3) is 0.533. The maximum absolute atomic E-state index is 12.3. The molecular weight excluding hydrogens is 272 g/mol. The monoisotopic (exact) mass is 290 g/mol. The van der Waals surface area contributed by atoms with Crippen LogP contribution in [0.15, 0.2) is 16.8 Å². The molecule has 0 bridgehead atoms. The van der Waals surface area contributed by atoms with Crippen molar-refractivity contribution >= 4 is 17.1 Å². The molecule has 1 saturated carbocycles. The number of ether oxygens (including phenoxy) is 2. The molecule has 1 aliphatic carbocycles. The molecule has 3 rings (SSSR count). The van der Waals surface area contributed by atoms with Gasteiger partial charge in [-0.2, -0.15) is 0 Å². The van der Waals surface area contributed by atoms with E-state index in [1.807, 2.05) is 6.92 Å². The number of hydrogen-bond donors (Lipinski definition) is 0. The van der Waals surface area contributed by atoms with Crippen LogP contribution in [0.4, 0.5) is 0 Å². The Balaban J connectivity index is 1.78. The quantitative estimate of drug-likeness (QED) is 0.809. The molecule has 0 saturated heterocycles. The number of nitrogens with zero attached hydrogens (tertiary/aromatic N) is 2. The van der Waals surface area contributed by atoms with E-state index < -0.39 is 0 Å². The number of rotatable bonds is 3. The van der Waals surface area contributed by atoms with E-state index in [4.69, 9.17) is 14.0 Å². The number of fused-ring (bicyclic) bond motifs is 1. The van der Waals surface area contributed by atoms with Crippen molar-refractivity contribution in [1.29, 1.82) is 0 Å². The van der Waals surface area contributed by atoms with Crippen molar-refractivity contribution in [2.24, 2.45) is 0 Å². The second-order valence-electron chi connectivity index (χ2n) is 5.35. The summed E-state index contributed by atoms with van der Waals surface area (Å²) in [4.78, 5) is 16.4. The van der Waals surface area contributed by atoms with Gasteiger partial charge in [0, 0.05) is 13.3 Å². The first-order valence-electron chi connectivity index (χ1n) is 7.15. The van der Waals surface area contributed by atoms with Crippen molar-refractivity contribution in [3.05, 3.63) is 23.5 Å². The summed E-state index contributed by atoms with van der Waals surface area (Å²) in [5.41, 5.74) is 1.55. The van der Waals surface area contributed by atoms with E-state index in [1.165, 1.54) is 6.20 Å². The summed E-state index contributed by atoms with van der Waals surface area (Å²) in [7, 11) is 1.66. The number of aromatic nitrogens is 2. The topological polar surface area (TPSA) is 74.5 Å². The molecule has 0 aromatic carbocycles. The van der Waals surface area contributed by atoms with Gasteiger partial charge in [0.15, 0.2) is 0 Å². The summed E-state index contributed by atoms with van der Waals surface area (Å²) in [5.74, 6) is -0.376. The second-order valence-corrected chi connectivity index (χ2v) is 5.35. The molecule has 0 N–H and O–H groups in total. The smallest absolute Gasteiger partial charge is 0.340 e. The second kappa shape index (κ2) is 5.81. The molecule has 0 amide bonds. The SMILES string of the molecule is CO[C@H]1CCCC[C@@H]1OC(=O)c1cnc2onc(C)c2c1. The fourth-order valence-electron chi connectivity index (χ4n) is 2.73. The zero-order chi connectivity index (χ0) is 14.8. The van der Waals surface area contributed by atoms with Crippen LogP contribution in [0.25, 0.3) is 11.1 Å². The molecule has 2 atom stereocenters.